The van der Waals surface area contributed by atoms with Crippen LogP contribution in [0.5, 0.6) is 5.75 Å². The number of methoxy groups -OCH3 is 1. The molecule has 36 heavy (non-hydrogen) atoms. The van der Waals surface area contributed by atoms with Crippen LogP contribution in [-0.4, -0.2) is 48.7 Å². The molecule has 0 amide bonds. The molecule has 0 atom stereocenters. The van der Waals surface area contributed by atoms with E-state index in [9.17, 15) is 0 Å². The summed E-state index contributed by atoms with van der Waals surface area (Å²) >= 11 is 1.57. The van der Waals surface area contributed by atoms with Gasteiger partial charge in [0.1, 0.15) is 28.8 Å². The van der Waals surface area contributed by atoms with Crippen LogP contribution in [0, 0.1) is 0 Å². The molecule has 1 aromatic carbocycles. The zero-order chi connectivity index (χ0) is 25.7. The van der Waals surface area contributed by atoms with E-state index in [2.05, 4.69) is 54.0 Å². The van der Waals surface area contributed by atoms with E-state index >= 15 is 0 Å². The molecule has 0 unspecified atom stereocenters. The quantitative estimate of drug-likeness (QED) is 0.131. The van der Waals surface area contributed by atoms with Crippen molar-refractivity contribution in [2.45, 2.75) is 45.5 Å². The number of nitrogens with one attached hydrogen (secondary N) is 1. The van der Waals surface area contributed by atoms with E-state index < -0.39 is 8.07 Å². The van der Waals surface area contributed by atoms with Crippen molar-refractivity contribution in [3.8, 4) is 5.75 Å². The van der Waals surface area contributed by atoms with Gasteiger partial charge in [0.25, 0.3) is 0 Å². The second kappa shape index (κ2) is 11.3. The van der Waals surface area contributed by atoms with Crippen LogP contribution < -0.4 is 15.0 Å². The Balaban J connectivity index is 1.65. The third-order valence-corrected chi connectivity index (χ3v) is 8.54. The van der Waals surface area contributed by atoms with E-state index in [0.717, 1.165) is 50.2 Å². The fourth-order valence-corrected chi connectivity index (χ4v) is 5.02. The summed E-state index contributed by atoms with van der Waals surface area (Å²) in [6.07, 6.45) is 1.78. The van der Waals surface area contributed by atoms with Gasteiger partial charge in [0, 0.05) is 32.5 Å². The Morgan fingerprint density at radius 1 is 1.03 bits per heavy atom. The molecule has 0 aliphatic rings. The number of ether oxygens (including phenoxy) is 2. The highest BCUT2D eigenvalue weighted by molar-refractivity contribution is 7.15. The largest absolute Gasteiger partial charge is 0.497 e. The molecule has 1 N–H and O–H groups in total. The van der Waals surface area contributed by atoms with Crippen molar-refractivity contribution in [1.82, 2.24) is 20.2 Å². The van der Waals surface area contributed by atoms with Gasteiger partial charge < -0.3 is 14.8 Å². The number of hydrogen-bond acceptors (Lipinski definition) is 9. The summed E-state index contributed by atoms with van der Waals surface area (Å²) in [5, 5.41) is 14.1. The molecule has 4 rings (SSSR count). The van der Waals surface area contributed by atoms with Gasteiger partial charge in [0.2, 0.25) is 5.13 Å². The van der Waals surface area contributed by atoms with Gasteiger partial charge in [-0.25, -0.2) is 4.98 Å². The Bertz CT molecular complexity index is 1290. The zero-order valence-electron chi connectivity index (χ0n) is 21.8. The number of pyridine rings is 2. The number of hydrogen-bond donors (Lipinski definition) is 1. The monoisotopic (exact) mass is 522 g/mol. The lowest BCUT2D eigenvalue weighted by Gasteiger charge is -2.22. The summed E-state index contributed by atoms with van der Waals surface area (Å²) in [5.74, 6) is 1.86. The van der Waals surface area contributed by atoms with Crippen molar-refractivity contribution in [2.24, 2.45) is 0 Å². The highest BCUT2D eigenvalue weighted by atomic mass is 32.1. The first-order chi connectivity index (χ1) is 17.2. The predicted octanol–water partition coefficient (Wildman–Crippen LogP) is 6.81. The fourth-order valence-electron chi connectivity index (χ4n) is 3.42. The normalized spacial score (nSPS) is 11.8. The van der Waals surface area contributed by atoms with Crippen molar-refractivity contribution < 1.29 is 9.47 Å². The molecule has 3 aromatic heterocycles. The first-order valence-electron chi connectivity index (χ1n) is 12.1. The Labute approximate surface area is 217 Å². The van der Waals surface area contributed by atoms with Crippen molar-refractivity contribution in [3.63, 3.8) is 0 Å². The summed E-state index contributed by atoms with van der Waals surface area (Å²) < 4.78 is 11.4. The van der Waals surface area contributed by atoms with E-state index in [0.29, 0.717) is 19.3 Å². The molecule has 0 aliphatic heterocycles. The summed E-state index contributed by atoms with van der Waals surface area (Å²) in [5.41, 5.74) is 3.38. The van der Waals surface area contributed by atoms with Gasteiger partial charge in [-0.05, 0) is 48.5 Å². The van der Waals surface area contributed by atoms with Gasteiger partial charge in [-0.15, -0.1) is 10.2 Å². The first kappa shape index (κ1) is 26.0. The van der Waals surface area contributed by atoms with Gasteiger partial charge in [-0.3, -0.25) is 9.88 Å². The molecule has 0 fully saturated rings. The van der Waals surface area contributed by atoms with Gasteiger partial charge in [0.05, 0.1) is 18.3 Å². The standard InChI is InChI=1S/C26H34N6O2SSi/c1-18(2)25-30-31-26(35-25)32(17-34-15-16-36(4,5)6)23-12-11-21-24(29-23)22(13-14-27-21)28-19-7-9-20(33-3)10-8-19/h7-14,18H,15-17H2,1-6H3,(H,27,28). The van der Waals surface area contributed by atoms with E-state index in [4.69, 9.17) is 14.5 Å². The minimum atomic E-state index is -1.19. The van der Waals surface area contributed by atoms with Crippen molar-refractivity contribution in [3.05, 3.63) is 53.7 Å². The molecular weight excluding hydrogens is 488 g/mol. The molecule has 0 aliphatic carbocycles. The van der Waals surface area contributed by atoms with Crippen molar-refractivity contribution in [2.75, 3.05) is 30.7 Å². The lowest BCUT2D eigenvalue weighted by molar-refractivity contribution is 0.153. The van der Waals surface area contributed by atoms with Gasteiger partial charge in [0.15, 0.2) is 0 Å². The summed E-state index contributed by atoms with van der Waals surface area (Å²) in [4.78, 5) is 11.5. The van der Waals surface area contributed by atoms with Crippen LogP contribution >= 0.6 is 11.3 Å². The Morgan fingerprint density at radius 3 is 2.47 bits per heavy atom. The topological polar surface area (TPSA) is 85.3 Å². The number of benzene rings is 1. The molecule has 8 nitrogen and oxygen atoms in total. The number of aromatic nitrogens is 4. The second-order valence-electron chi connectivity index (χ2n) is 10.1. The molecule has 190 valence electrons. The van der Waals surface area contributed by atoms with E-state index in [1.54, 1.807) is 24.6 Å². The van der Waals surface area contributed by atoms with Gasteiger partial charge in [-0.2, -0.15) is 0 Å². The summed E-state index contributed by atoms with van der Waals surface area (Å²) in [6.45, 7) is 12.4. The highest BCUT2D eigenvalue weighted by Crippen LogP contribution is 2.32. The molecule has 0 radical (unpaired) electrons. The molecule has 0 saturated heterocycles. The second-order valence-corrected chi connectivity index (χ2v) is 16.7. The summed E-state index contributed by atoms with van der Waals surface area (Å²) in [7, 11) is 0.465. The minimum absolute atomic E-state index is 0.306. The fraction of sp³-hybridized carbons (Fsp3) is 0.385. The van der Waals surface area contributed by atoms with E-state index in [1.807, 2.05) is 47.4 Å². The maximum absolute atomic E-state index is 6.13. The average molecular weight is 523 g/mol. The molecule has 10 heteroatoms. The number of anilines is 4. The third kappa shape index (κ3) is 6.57. The number of rotatable bonds is 11. The van der Waals surface area contributed by atoms with Crippen LogP contribution in [-0.2, 0) is 4.74 Å². The Kier molecular flexibility index (Phi) is 8.17. The van der Waals surface area contributed by atoms with Crippen molar-refractivity contribution >= 4 is 52.8 Å². The van der Waals surface area contributed by atoms with Crippen LogP contribution in [0.25, 0.3) is 11.0 Å². The van der Waals surface area contributed by atoms with Crippen LogP contribution in [0.1, 0.15) is 24.8 Å². The highest BCUT2D eigenvalue weighted by Gasteiger charge is 2.20. The number of nitrogens with zero attached hydrogens (tertiary/aromatic N) is 5. The average Bonchev–Trinajstić information content (AvgIpc) is 3.34. The Hall–Kier alpha value is -3.08. The lowest BCUT2D eigenvalue weighted by Crippen LogP contribution is -2.26. The SMILES string of the molecule is COc1ccc(Nc2ccnc3ccc(N(COCC[Si](C)(C)C)c4nnc(C(C)C)s4)nc23)cc1. The molecule has 0 bridgehead atoms. The smallest absolute Gasteiger partial charge is 0.215 e. The third-order valence-electron chi connectivity index (χ3n) is 5.59. The maximum Gasteiger partial charge on any atom is 0.215 e. The maximum atomic E-state index is 6.13. The van der Waals surface area contributed by atoms with Crippen molar-refractivity contribution in [1.29, 1.82) is 0 Å². The molecule has 4 aromatic rings. The minimum Gasteiger partial charge on any atom is -0.497 e. The van der Waals surface area contributed by atoms with Crippen LogP contribution in [0.2, 0.25) is 25.7 Å². The van der Waals surface area contributed by atoms with Crippen LogP contribution in [0.4, 0.5) is 22.3 Å². The van der Waals surface area contributed by atoms with Crippen LogP contribution in [0.15, 0.2) is 48.7 Å². The zero-order valence-corrected chi connectivity index (χ0v) is 23.6. The van der Waals surface area contributed by atoms with Gasteiger partial charge in [-0.1, -0.05) is 44.8 Å². The van der Waals surface area contributed by atoms with Gasteiger partial charge >= 0.3 is 0 Å². The lowest BCUT2D eigenvalue weighted by atomic mass is 10.2. The molecule has 0 spiro atoms. The first-order valence-corrected chi connectivity index (χ1v) is 16.6. The Morgan fingerprint density at radius 2 is 1.81 bits per heavy atom. The molecular formula is C26H34N6O2SSi. The summed E-state index contributed by atoms with van der Waals surface area (Å²) in [6, 6.07) is 14.8. The predicted molar refractivity (Wildman–Crippen MR) is 151 cm³/mol. The van der Waals surface area contributed by atoms with E-state index in [-0.39, 0.29) is 0 Å². The van der Waals surface area contributed by atoms with Crippen LogP contribution in [0.3, 0.4) is 0 Å². The number of fused-ring (bicyclic) bond motifs is 1. The van der Waals surface area contributed by atoms with E-state index in [1.165, 1.54) is 0 Å². The molecule has 3 heterocycles. The molecule has 0 saturated carbocycles.